The molecule has 0 radical (unpaired) electrons. The molecule has 1 atom stereocenters. The Morgan fingerprint density at radius 2 is 1.52 bits per heavy atom. The third-order valence-electron chi connectivity index (χ3n) is 4.59. The fourth-order valence-electron chi connectivity index (χ4n) is 3.12. The molecule has 1 aliphatic rings. The summed E-state index contributed by atoms with van der Waals surface area (Å²) in [5.41, 5.74) is 1.23. The van der Waals surface area contributed by atoms with Crippen LogP contribution in [0.4, 0.5) is 5.69 Å². The number of carbonyl (C=O) groups excluding carboxylic acids is 3. The minimum atomic E-state index is -0.617. The zero-order chi connectivity index (χ0) is 19.2. The molecule has 0 saturated carbocycles. The molecule has 2 aromatic rings. The number of para-hydroxylation sites is 1. The quantitative estimate of drug-likeness (QED) is 0.855. The van der Waals surface area contributed by atoms with E-state index in [-0.39, 0.29) is 17.7 Å². The Hall–Kier alpha value is -3.15. The summed E-state index contributed by atoms with van der Waals surface area (Å²) < 4.78 is 0. The van der Waals surface area contributed by atoms with Crippen molar-refractivity contribution in [1.29, 1.82) is 0 Å². The fraction of sp³-hybridized carbons (Fsp3) is 0.286. The number of hydrogen-bond acceptors (Lipinski definition) is 3. The molecular formula is C21H23N3O3. The number of benzene rings is 2. The van der Waals surface area contributed by atoms with E-state index in [1.54, 1.807) is 60.4 Å². The van der Waals surface area contributed by atoms with Crippen LogP contribution in [0, 0.1) is 0 Å². The molecule has 6 heteroatoms. The highest BCUT2D eigenvalue weighted by Gasteiger charge is 2.25. The largest absolute Gasteiger partial charge is 0.341 e. The minimum absolute atomic E-state index is 0.0772. The van der Waals surface area contributed by atoms with Gasteiger partial charge in [-0.05, 0) is 44.0 Å². The molecule has 1 heterocycles. The van der Waals surface area contributed by atoms with Crippen LogP contribution < -0.4 is 10.6 Å². The van der Waals surface area contributed by atoms with Gasteiger partial charge in [0.15, 0.2) is 0 Å². The van der Waals surface area contributed by atoms with E-state index in [0.717, 1.165) is 25.9 Å². The van der Waals surface area contributed by atoms with Gasteiger partial charge < -0.3 is 15.5 Å². The fourth-order valence-corrected chi connectivity index (χ4v) is 3.12. The van der Waals surface area contributed by atoms with Gasteiger partial charge in [-0.3, -0.25) is 14.4 Å². The molecule has 6 nitrogen and oxygen atoms in total. The van der Waals surface area contributed by atoms with Crippen molar-refractivity contribution >= 4 is 23.4 Å². The maximum atomic E-state index is 12.7. The third kappa shape index (κ3) is 4.53. The molecule has 0 unspecified atom stereocenters. The normalized spacial score (nSPS) is 14.5. The van der Waals surface area contributed by atoms with E-state index in [1.807, 2.05) is 6.07 Å². The molecule has 1 fully saturated rings. The molecule has 0 spiro atoms. The van der Waals surface area contributed by atoms with E-state index in [2.05, 4.69) is 10.6 Å². The zero-order valence-corrected chi connectivity index (χ0v) is 15.3. The summed E-state index contributed by atoms with van der Waals surface area (Å²) in [6.45, 7) is 3.16. The van der Waals surface area contributed by atoms with Crippen molar-refractivity contribution in [3.05, 3.63) is 65.7 Å². The molecule has 3 rings (SSSR count). The Morgan fingerprint density at radius 3 is 2.22 bits per heavy atom. The molecule has 1 aliphatic heterocycles. The number of anilines is 1. The van der Waals surface area contributed by atoms with E-state index in [0.29, 0.717) is 16.8 Å². The van der Waals surface area contributed by atoms with Crippen LogP contribution in [-0.4, -0.2) is 41.8 Å². The first kappa shape index (κ1) is 18.6. The van der Waals surface area contributed by atoms with Crippen LogP contribution in [0.2, 0.25) is 0 Å². The second-order valence-corrected chi connectivity index (χ2v) is 6.59. The van der Waals surface area contributed by atoms with Gasteiger partial charge in [-0.15, -0.1) is 0 Å². The van der Waals surface area contributed by atoms with Gasteiger partial charge in [-0.25, -0.2) is 0 Å². The van der Waals surface area contributed by atoms with Crippen molar-refractivity contribution in [2.45, 2.75) is 25.8 Å². The summed E-state index contributed by atoms with van der Waals surface area (Å²) in [6.07, 6.45) is 2.00. The van der Waals surface area contributed by atoms with Crippen molar-refractivity contribution < 1.29 is 14.4 Å². The summed E-state index contributed by atoms with van der Waals surface area (Å²) >= 11 is 0. The molecule has 0 bridgehead atoms. The smallest absolute Gasteiger partial charge is 0.255 e. The van der Waals surface area contributed by atoms with Crippen LogP contribution in [0.1, 0.15) is 40.5 Å². The van der Waals surface area contributed by atoms with Crippen LogP contribution in [0.5, 0.6) is 0 Å². The van der Waals surface area contributed by atoms with Gasteiger partial charge in [0.1, 0.15) is 6.04 Å². The van der Waals surface area contributed by atoms with Crippen molar-refractivity contribution in [3.63, 3.8) is 0 Å². The molecule has 2 N–H and O–H groups in total. The maximum Gasteiger partial charge on any atom is 0.255 e. The Labute approximate surface area is 158 Å². The van der Waals surface area contributed by atoms with Crippen molar-refractivity contribution in [1.82, 2.24) is 10.2 Å². The molecule has 0 aliphatic carbocycles. The van der Waals surface area contributed by atoms with Gasteiger partial charge in [0, 0.05) is 18.7 Å². The molecule has 27 heavy (non-hydrogen) atoms. The second kappa shape index (κ2) is 8.49. The van der Waals surface area contributed by atoms with Gasteiger partial charge in [-0.1, -0.05) is 30.3 Å². The Bertz CT molecular complexity index is 830. The van der Waals surface area contributed by atoms with Gasteiger partial charge in [0.2, 0.25) is 5.91 Å². The Balaban J connectivity index is 1.70. The lowest BCUT2D eigenvalue weighted by molar-refractivity contribution is -0.131. The van der Waals surface area contributed by atoms with Crippen molar-refractivity contribution in [2.75, 3.05) is 18.4 Å². The van der Waals surface area contributed by atoms with Crippen LogP contribution in [0.15, 0.2) is 54.6 Å². The molecule has 2 aromatic carbocycles. The van der Waals surface area contributed by atoms with Crippen molar-refractivity contribution in [3.8, 4) is 0 Å². The number of carbonyl (C=O) groups is 3. The maximum absolute atomic E-state index is 12.7. The van der Waals surface area contributed by atoms with Crippen molar-refractivity contribution in [2.24, 2.45) is 0 Å². The average Bonchev–Trinajstić information content (AvgIpc) is 3.23. The number of nitrogens with zero attached hydrogens (tertiary/aromatic N) is 1. The van der Waals surface area contributed by atoms with E-state index in [9.17, 15) is 14.4 Å². The van der Waals surface area contributed by atoms with E-state index < -0.39 is 6.04 Å². The number of amides is 3. The second-order valence-electron chi connectivity index (χ2n) is 6.59. The van der Waals surface area contributed by atoms with Gasteiger partial charge in [0.25, 0.3) is 11.8 Å². The first-order valence-corrected chi connectivity index (χ1v) is 9.11. The highest BCUT2D eigenvalue weighted by atomic mass is 16.2. The minimum Gasteiger partial charge on any atom is -0.341 e. The standard InChI is InChI=1S/C21H23N3O3/c1-15(21(27)24-13-7-8-14-24)22-20(26)17-11-5-6-12-18(17)23-19(25)16-9-3-2-4-10-16/h2-6,9-12,15H,7-8,13-14H2,1H3,(H,22,26)(H,23,25)/t15-/m0/s1. The van der Waals surface area contributed by atoms with E-state index >= 15 is 0 Å². The van der Waals surface area contributed by atoms with E-state index in [4.69, 9.17) is 0 Å². The number of nitrogens with one attached hydrogen (secondary N) is 2. The lowest BCUT2D eigenvalue weighted by atomic mass is 10.1. The first-order chi connectivity index (χ1) is 13.1. The van der Waals surface area contributed by atoms with E-state index in [1.165, 1.54) is 0 Å². The van der Waals surface area contributed by atoms with Crippen LogP contribution in [0.3, 0.4) is 0 Å². The van der Waals surface area contributed by atoms with Gasteiger partial charge in [-0.2, -0.15) is 0 Å². The SMILES string of the molecule is C[C@H](NC(=O)c1ccccc1NC(=O)c1ccccc1)C(=O)N1CCCC1. The van der Waals surface area contributed by atoms with Gasteiger partial charge in [0.05, 0.1) is 11.3 Å². The molecule has 0 aromatic heterocycles. The first-order valence-electron chi connectivity index (χ1n) is 9.11. The topological polar surface area (TPSA) is 78.5 Å². The van der Waals surface area contributed by atoms with Crippen LogP contribution >= 0.6 is 0 Å². The molecule has 3 amide bonds. The molecule has 1 saturated heterocycles. The summed E-state index contributed by atoms with van der Waals surface area (Å²) in [7, 11) is 0. The number of likely N-dealkylation sites (tertiary alicyclic amines) is 1. The predicted molar refractivity (Wildman–Crippen MR) is 104 cm³/mol. The Morgan fingerprint density at radius 1 is 0.889 bits per heavy atom. The predicted octanol–water partition coefficient (Wildman–Crippen LogP) is 2.68. The average molecular weight is 365 g/mol. The Kier molecular flexibility index (Phi) is 5.86. The summed E-state index contributed by atoms with van der Waals surface area (Å²) in [5.74, 6) is -0.761. The van der Waals surface area contributed by atoms with Crippen LogP contribution in [-0.2, 0) is 4.79 Å². The monoisotopic (exact) mass is 365 g/mol. The highest BCUT2D eigenvalue weighted by Crippen LogP contribution is 2.17. The van der Waals surface area contributed by atoms with Crippen LogP contribution in [0.25, 0.3) is 0 Å². The van der Waals surface area contributed by atoms with Gasteiger partial charge >= 0.3 is 0 Å². The summed E-state index contributed by atoms with van der Waals surface area (Å²) in [6, 6.07) is 14.9. The number of rotatable bonds is 5. The number of hydrogen-bond donors (Lipinski definition) is 2. The molecule has 140 valence electrons. The summed E-state index contributed by atoms with van der Waals surface area (Å²) in [4.78, 5) is 39.2. The third-order valence-corrected chi connectivity index (χ3v) is 4.59. The summed E-state index contributed by atoms with van der Waals surface area (Å²) in [5, 5.41) is 5.51. The lowest BCUT2D eigenvalue weighted by Crippen LogP contribution is -2.46. The molecular weight excluding hydrogens is 342 g/mol. The lowest BCUT2D eigenvalue weighted by Gasteiger charge is -2.21. The highest BCUT2D eigenvalue weighted by molar-refractivity contribution is 6.09. The zero-order valence-electron chi connectivity index (χ0n) is 15.3.